The molecule has 1 aliphatic rings. The third-order valence-electron chi connectivity index (χ3n) is 3.31. The molecule has 1 fully saturated rings. The number of benzene rings is 1. The van der Waals surface area contributed by atoms with Gasteiger partial charge in [0.15, 0.2) is 0 Å². The summed E-state index contributed by atoms with van der Waals surface area (Å²) in [5.41, 5.74) is 1.70. The summed E-state index contributed by atoms with van der Waals surface area (Å²) in [4.78, 5) is 2.45. The number of piperidine rings is 1. The summed E-state index contributed by atoms with van der Waals surface area (Å²) in [6.07, 6.45) is 3.97. The third-order valence-corrected chi connectivity index (χ3v) is 3.31. The highest BCUT2D eigenvalue weighted by molar-refractivity contribution is 5.55. The van der Waals surface area contributed by atoms with Crippen LogP contribution < -0.4 is 10.2 Å². The molecular formula is C15H24N2O. The maximum absolute atomic E-state index is 9.67. The molecule has 1 heterocycles. The fourth-order valence-corrected chi connectivity index (χ4v) is 2.26. The molecule has 3 heteroatoms. The van der Waals surface area contributed by atoms with Crippen molar-refractivity contribution in [1.82, 2.24) is 0 Å². The van der Waals surface area contributed by atoms with Crippen molar-refractivity contribution in [2.24, 2.45) is 0 Å². The van der Waals surface area contributed by atoms with Crippen LogP contribution in [0.2, 0.25) is 0 Å². The number of hydrogen-bond donors (Lipinski definition) is 2. The van der Waals surface area contributed by atoms with Crippen LogP contribution in [0.5, 0.6) is 0 Å². The minimum Gasteiger partial charge on any atom is -0.389 e. The highest BCUT2D eigenvalue weighted by atomic mass is 16.3. The molecule has 1 saturated heterocycles. The van der Waals surface area contributed by atoms with E-state index in [0.29, 0.717) is 6.54 Å². The van der Waals surface area contributed by atoms with E-state index in [1.54, 1.807) is 0 Å². The normalized spacial score (nSPS) is 16.7. The zero-order chi connectivity index (χ0) is 13.0. The average molecular weight is 248 g/mol. The summed E-state index contributed by atoms with van der Waals surface area (Å²) in [6, 6.07) is 8.52. The molecular weight excluding hydrogens is 224 g/mol. The second-order valence-electron chi connectivity index (χ2n) is 5.76. The standard InChI is InChI=1S/C15H24N2O/c1-15(2,18)12-16-13-6-8-14(9-7-13)17-10-4-3-5-11-17/h6-9,16,18H,3-5,10-12H2,1-2H3. The summed E-state index contributed by atoms with van der Waals surface area (Å²) in [5.74, 6) is 0. The first-order chi connectivity index (χ1) is 8.54. The molecule has 3 nitrogen and oxygen atoms in total. The van der Waals surface area contributed by atoms with Crippen molar-refractivity contribution in [3.8, 4) is 0 Å². The fraction of sp³-hybridized carbons (Fsp3) is 0.600. The van der Waals surface area contributed by atoms with Gasteiger partial charge in [0, 0.05) is 31.0 Å². The van der Waals surface area contributed by atoms with Crippen molar-refractivity contribution in [3.63, 3.8) is 0 Å². The molecule has 0 amide bonds. The Hall–Kier alpha value is -1.22. The largest absolute Gasteiger partial charge is 0.389 e. The van der Waals surface area contributed by atoms with Crippen LogP contribution in [0.1, 0.15) is 33.1 Å². The molecule has 2 rings (SSSR count). The van der Waals surface area contributed by atoms with Gasteiger partial charge in [0.1, 0.15) is 0 Å². The number of hydrogen-bond acceptors (Lipinski definition) is 3. The maximum Gasteiger partial charge on any atom is 0.0763 e. The first-order valence-electron chi connectivity index (χ1n) is 6.86. The Morgan fingerprint density at radius 2 is 1.72 bits per heavy atom. The predicted molar refractivity (Wildman–Crippen MR) is 77.3 cm³/mol. The van der Waals surface area contributed by atoms with Gasteiger partial charge >= 0.3 is 0 Å². The van der Waals surface area contributed by atoms with Crippen molar-refractivity contribution in [3.05, 3.63) is 24.3 Å². The van der Waals surface area contributed by atoms with E-state index < -0.39 is 5.60 Å². The van der Waals surface area contributed by atoms with Crippen molar-refractivity contribution >= 4 is 11.4 Å². The van der Waals surface area contributed by atoms with Crippen LogP contribution in [0.15, 0.2) is 24.3 Å². The lowest BCUT2D eigenvalue weighted by atomic mass is 10.1. The molecule has 0 bridgehead atoms. The molecule has 1 aromatic carbocycles. The Bertz CT molecular complexity index is 361. The van der Waals surface area contributed by atoms with E-state index in [0.717, 1.165) is 5.69 Å². The molecule has 0 radical (unpaired) electrons. The highest BCUT2D eigenvalue weighted by Gasteiger charge is 2.12. The molecule has 0 spiro atoms. The highest BCUT2D eigenvalue weighted by Crippen LogP contribution is 2.22. The van der Waals surface area contributed by atoms with Gasteiger partial charge in [0.05, 0.1) is 5.60 Å². The molecule has 1 aromatic rings. The van der Waals surface area contributed by atoms with Crippen LogP contribution in [-0.4, -0.2) is 30.3 Å². The Kier molecular flexibility index (Phi) is 4.12. The minimum atomic E-state index is -0.675. The molecule has 18 heavy (non-hydrogen) atoms. The first-order valence-corrected chi connectivity index (χ1v) is 6.86. The average Bonchev–Trinajstić information content (AvgIpc) is 2.37. The van der Waals surface area contributed by atoms with Crippen LogP contribution in [0.4, 0.5) is 11.4 Å². The predicted octanol–water partition coefficient (Wildman–Crippen LogP) is 2.86. The van der Waals surface area contributed by atoms with Crippen molar-refractivity contribution in [2.75, 3.05) is 29.9 Å². The fourth-order valence-electron chi connectivity index (χ4n) is 2.26. The van der Waals surface area contributed by atoms with Crippen LogP contribution in [-0.2, 0) is 0 Å². The lowest BCUT2D eigenvalue weighted by molar-refractivity contribution is 0.0945. The smallest absolute Gasteiger partial charge is 0.0763 e. The van der Waals surface area contributed by atoms with E-state index in [2.05, 4.69) is 34.5 Å². The van der Waals surface area contributed by atoms with Gasteiger partial charge in [-0.15, -0.1) is 0 Å². The number of nitrogens with one attached hydrogen (secondary N) is 1. The topological polar surface area (TPSA) is 35.5 Å². The summed E-state index contributed by atoms with van der Waals surface area (Å²) in [7, 11) is 0. The Labute approximate surface area is 110 Å². The SMILES string of the molecule is CC(C)(O)CNc1ccc(N2CCCCC2)cc1. The van der Waals surface area contributed by atoms with Crippen LogP contribution >= 0.6 is 0 Å². The maximum atomic E-state index is 9.67. The Balaban J connectivity index is 1.92. The van der Waals surface area contributed by atoms with Crippen LogP contribution in [0, 0.1) is 0 Å². The zero-order valence-corrected chi connectivity index (χ0v) is 11.4. The number of aliphatic hydroxyl groups is 1. The van der Waals surface area contributed by atoms with Crippen molar-refractivity contribution < 1.29 is 5.11 Å². The Morgan fingerprint density at radius 1 is 1.11 bits per heavy atom. The molecule has 1 aliphatic heterocycles. The summed E-state index contributed by atoms with van der Waals surface area (Å²) < 4.78 is 0. The molecule has 0 saturated carbocycles. The van der Waals surface area contributed by atoms with E-state index in [-0.39, 0.29) is 0 Å². The van der Waals surface area contributed by atoms with Gasteiger partial charge < -0.3 is 15.3 Å². The molecule has 0 unspecified atom stereocenters. The van der Waals surface area contributed by atoms with Gasteiger partial charge in [-0.3, -0.25) is 0 Å². The van der Waals surface area contributed by atoms with Crippen molar-refractivity contribution in [1.29, 1.82) is 0 Å². The molecule has 0 atom stereocenters. The monoisotopic (exact) mass is 248 g/mol. The quantitative estimate of drug-likeness (QED) is 0.860. The number of nitrogens with zero attached hydrogens (tertiary/aromatic N) is 1. The molecule has 0 aliphatic carbocycles. The summed E-state index contributed by atoms with van der Waals surface area (Å²) in [6.45, 7) is 6.53. The van der Waals surface area contributed by atoms with Crippen LogP contribution in [0.3, 0.4) is 0 Å². The van der Waals surface area contributed by atoms with Gasteiger partial charge in [0.25, 0.3) is 0 Å². The van der Waals surface area contributed by atoms with Crippen LogP contribution in [0.25, 0.3) is 0 Å². The lowest BCUT2D eigenvalue weighted by Crippen LogP contribution is -2.30. The molecule has 0 aromatic heterocycles. The van der Waals surface area contributed by atoms with Gasteiger partial charge in [-0.1, -0.05) is 0 Å². The second kappa shape index (κ2) is 5.61. The minimum absolute atomic E-state index is 0.566. The molecule has 2 N–H and O–H groups in total. The van der Waals surface area contributed by atoms with E-state index in [4.69, 9.17) is 0 Å². The van der Waals surface area contributed by atoms with E-state index >= 15 is 0 Å². The van der Waals surface area contributed by atoms with Gasteiger partial charge in [-0.2, -0.15) is 0 Å². The van der Waals surface area contributed by atoms with Gasteiger partial charge in [0.2, 0.25) is 0 Å². The van der Waals surface area contributed by atoms with E-state index in [9.17, 15) is 5.11 Å². The van der Waals surface area contributed by atoms with E-state index in [1.807, 2.05) is 13.8 Å². The van der Waals surface area contributed by atoms with Gasteiger partial charge in [-0.25, -0.2) is 0 Å². The second-order valence-corrected chi connectivity index (χ2v) is 5.76. The van der Waals surface area contributed by atoms with Crippen molar-refractivity contribution in [2.45, 2.75) is 38.7 Å². The zero-order valence-electron chi connectivity index (χ0n) is 11.4. The summed E-state index contributed by atoms with van der Waals surface area (Å²) >= 11 is 0. The lowest BCUT2D eigenvalue weighted by Gasteiger charge is -2.29. The van der Waals surface area contributed by atoms with E-state index in [1.165, 1.54) is 38.0 Å². The van der Waals surface area contributed by atoms with Gasteiger partial charge in [-0.05, 0) is 57.4 Å². The summed E-state index contributed by atoms with van der Waals surface area (Å²) in [5, 5.41) is 12.9. The molecule has 100 valence electrons. The number of anilines is 2. The number of rotatable bonds is 4. The third kappa shape index (κ3) is 3.91. The Morgan fingerprint density at radius 3 is 2.28 bits per heavy atom. The first kappa shape index (κ1) is 13.2.